The highest BCUT2D eigenvalue weighted by atomic mass is 79.9. The van der Waals surface area contributed by atoms with Gasteiger partial charge in [0.25, 0.3) is 5.91 Å². The Kier molecular flexibility index (Phi) is 8.15. The van der Waals surface area contributed by atoms with Gasteiger partial charge < -0.3 is 10.1 Å². The zero-order valence-corrected chi connectivity index (χ0v) is 21.2. The van der Waals surface area contributed by atoms with E-state index in [4.69, 9.17) is 4.74 Å². The number of amides is 1. The molecule has 3 aromatic carbocycles. The summed E-state index contributed by atoms with van der Waals surface area (Å²) in [6.07, 6.45) is 1.18. The molecule has 3 aromatic rings. The monoisotopic (exact) mass is 530 g/mol. The van der Waals surface area contributed by atoms with Crippen LogP contribution in [0.4, 0.5) is 5.69 Å². The highest BCUT2D eigenvalue weighted by molar-refractivity contribution is 9.10. The summed E-state index contributed by atoms with van der Waals surface area (Å²) in [5.41, 5.74) is 4.07. The van der Waals surface area contributed by atoms with E-state index in [2.05, 4.69) is 27.3 Å². The standard InChI is InChI=1S/C25H27BrN2O4S/c1-18-7-12-24(19(2)15-18)32-14-13-27-25(29)21-10-8-20(9-11-21)17-28(33(3,30)31)23-6-4-5-22(26)16-23/h4-12,15-16H,13-14,17H2,1-3H3,(H,27,29). The van der Waals surface area contributed by atoms with E-state index < -0.39 is 10.0 Å². The van der Waals surface area contributed by atoms with E-state index in [-0.39, 0.29) is 12.5 Å². The molecule has 0 heterocycles. The minimum Gasteiger partial charge on any atom is -0.491 e. The third-order valence-electron chi connectivity index (χ3n) is 5.01. The van der Waals surface area contributed by atoms with E-state index >= 15 is 0 Å². The zero-order valence-electron chi connectivity index (χ0n) is 18.8. The predicted octanol–water partition coefficient (Wildman–Crippen LogP) is 4.84. The Labute approximate surface area is 203 Å². The molecule has 0 atom stereocenters. The van der Waals surface area contributed by atoms with Crippen LogP contribution in [-0.4, -0.2) is 33.7 Å². The number of rotatable bonds is 9. The van der Waals surface area contributed by atoms with Crippen LogP contribution >= 0.6 is 15.9 Å². The first-order valence-corrected chi connectivity index (χ1v) is 13.1. The number of hydrogen-bond donors (Lipinski definition) is 1. The lowest BCUT2D eigenvalue weighted by Crippen LogP contribution is -2.29. The smallest absolute Gasteiger partial charge is 0.251 e. The summed E-state index contributed by atoms with van der Waals surface area (Å²) in [6.45, 7) is 4.93. The van der Waals surface area contributed by atoms with Crippen molar-refractivity contribution >= 4 is 37.5 Å². The Morgan fingerprint density at radius 2 is 1.76 bits per heavy atom. The van der Waals surface area contributed by atoms with E-state index in [9.17, 15) is 13.2 Å². The molecular weight excluding hydrogens is 504 g/mol. The summed E-state index contributed by atoms with van der Waals surface area (Å²) >= 11 is 3.38. The molecular formula is C25H27BrN2O4S. The van der Waals surface area contributed by atoms with Gasteiger partial charge >= 0.3 is 0 Å². The highest BCUT2D eigenvalue weighted by Crippen LogP contribution is 2.24. The van der Waals surface area contributed by atoms with Crippen LogP contribution in [0.5, 0.6) is 5.75 Å². The SMILES string of the molecule is Cc1ccc(OCCNC(=O)c2ccc(CN(c3cccc(Br)c3)S(C)(=O)=O)cc2)c(C)c1. The predicted molar refractivity (Wildman–Crippen MR) is 135 cm³/mol. The minimum atomic E-state index is -3.48. The summed E-state index contributed by atoms with van der Waals surface area (Å²) in [6, 6.07) is 20.0. The van der Waals surface area contributed by atoms with E-state index in [1.807, 2.05) is 32.0 Å². The first-order chi connectivity index (χ1) is 15.6. The molecule has 0 aromatic heterocycles. The second-order valence-corrected chi connectivity index (χ2v) is 10.6. The molecule has 1 N–H and O–H groups in total. The van der Waals surface area contributed by atoms with Gasteiger partial charge in [-0.25, -0.2) is 8.42 Å². The Hall–Kier alpha value is -2.84. The fourth-order valence-corrected chi connectivity index (χ4v) is 4.61. The lowest BCUT2D eigenvalue weighted by atomic mass is 10.1. The van der Waals surface area contributed by atoms with Crippen molar-refractivity contribution in [2.45, 2.75) is 20.4 Å². The molecule has 0 radical (unpaired) electrons. The van der Waals surface area contributed by atoms with E-state index in [1.165, 1.54) is 16.1 Å². The van der Waals surface area contributed by atoms with Gasteiger partial charge in [0.2, 0.25) is 10.0 Å². The Bertz CT molecular complexity index is 1230. The molecule has 8 heteroatoms. The molecule has 0 saturated carbocycles. The molecule has 33 heavy (non-hydrogen) atoms. The van der Waals surface area contributed by atoms with E-state index in [1.54, 1.807) is 42.5 Å². The number of ether oxygens (including phenoxy) is 1. The maximum atomic E-state index is 12.4. The van der Waals surface area contributed by atoms with Crippen molar-refractivity contribution in [1.82, 2.24) is 5.32 Å². The first kappa shape index (κ1) is 24.8. The molecule has 0 fully saturated rings. The number of aryl methyl sites for hydroxylation is 2. The van der Waals surface area contributed by atoms with Crippen LogP contribution < -0.4 is 14.4 Å². The molecule has 1 amide bonds. The average Bonchev–Trinajstić information content (AvgIpc) is 2.75. The van der Waals surface area contributed by atoms with Crippen LogP contribution in [-0.2, 0) is 16.6 Å². The summed E-state index contributed by atoms with van der Waals surface area (Å²) in [5, 5.41) is 2.84. The Morgan fingerprint density at radius 3 is 2.39 bits per heavy atom. The maximum Gasteiger partial charge on any atom is 0.251 e. The fourth-order valence-electron chi connectivity index (χ4n) is 3.35. The number of carbonyl (C=O) groups is 1. The van der Waals surface area contributed by atoms with Crippen molar-refractivity contribution in [1.29, 1.82) is 0 Å². The van der Waals surface area contributed by atoms with Crippen molar-refractivity contribution in [3.8, 4) is 5.75 Å². The Balaban J connectivity index is 1.57. The highest BCUT2D eigenvalue weighted by Gasteiger charge is 2.18. The molecule has 0 spiro atoms. The zero-order chi connectivity index (χ0) is 24.0. The van der Waals surface area contributed by atoms with Crippen LogP contribution in [0, 0.1) is 13.8 Å². The molecule has 0 aliphatic carbocycles. The van der Waals surface area contributed by atoms with Crippen LogP contribution in [0.3, 0.4) is 0 Å². The van der Waals surface area contributed by atoms with Crippen molar-refractivity contribution in [3.05, 3.63) is 93.5 Å². The molecule has 6 nitrogen and oxygen atoms in total. The fraction of sp³-hybridized carbons (Fsp3) is 0.240. The van der Waals surface area contributed by atoms with Crippen molar-refractivity contribution in [3.63, 3.8) is 0 Å². The lowest BCUT2D eigenvalue weighted by Gasteiger charge is -2.23. The van der Waals surface area contributed by atoms with E-state index in [0.717, 1.165) is 21.3 Å². The number of hydrogen-bond acceptors (Lipinski definition) is 4. The molecule has 174 valence electrons. The van der Waals surface area contributed by atoms with Gasteiger partial charge in [-0.05, 0) is 61.4 Å². The molecule has 3 rings (SSSR count). The number of carbonyl (C=O) groups excluding carboxylic acids is 1. The third-order valence-corrected chi connectivity index (χ3v) is 6.65. The van der Waals surface area contributed by atoms with Crippen LogP contribution in [0.1, 0.15) is 27.0 Å². The van der Waals surface area contributed by atoms with Crippen LogP contribution in [0.15, 0.2) is 71.2 Å². The normalized spacial score (nSPS) is 11.2. The van der Waals surface area contributed by atoms with Gasteiger partial charge in [-0.1, -0.05) is 51.8 Å². The van der Waals surface area contributed by atoms with E-state index in [0.29, 0.717) is 24.4 Å². The summed E-state index contributed by atoms with van der Waals surface area (Å²) in [7, 11) is -3.48. The van der Waals surface area contributed by atoms with Crippen LogP contribution in [0.25, 0.3) is 0 Å². The molecule has 0 bridgehead atoms. The van der Waals surface area contributed by atoms with Crippen molar-refractivity contribution in [2.24, 2.45) is 0 Å². The van der Waals surface area contributed by atoms with Gasteiger partial charge in [-0.2, -0.15) is 0 Å². The topological polar surface area (TPSA) is 75.7 Å². The van der Waals surface area contributed by atoms with Crippen molar-refractivity contribution < 1.29 is 17.9 Å². The van der Waals surface area contributed by atoms with Gasteiger partial charge in [-0.15, -0.1) is 0 Å². The van der Waals surface area contributed by atoms with Gasteiger partial charge in [0.05, 0.1) is 25.0 Å². The van der Waals surface area contributed by atoms with Gasteiger partial charge in [0, 0.05) is 10.0 Å². The second kappa shape index (κ2) is 10.9. The van der Waals surface area contributed by atoms with Gasteiger partial charge in [0.1, 0.15) is 12.4 Å². The number of anilines is 1. The largest absolute Gasteiger partial charge is 0.491 e. The Morgan fingerprint density at radius 1 is 1.03 bits per heavy atom. The molecule has 0 saturated heterocycles. The van der Waals surface area contributed by atoms with Crippen molar-refractivity contribution in [2.75, 3.05) is 23.7 Å². The number of nitrogens with one attached hydrogen (secondary N) is 1. The van der Waals surface area contributed by atoms with Gasteiger partial charge in [0.15, 0.2) is 0 Å². The quantitative estimate of drug-likeness (QED) is 0.401. The molecule has 0 aliphatic rings. The number of nitrogens with zero attached hydrogens (tertiary/aromatic N) is 1. The second-order valence-electron chi connectivity index (χ2n) is 7.82. The van der Waals surface area contributed by atoms with Crippen LogP contribution in [0.2, 0.25) is 0 Å². The number of benzene rings is 3. The van der Waals surface area contributed by atoms with Gasteiger partial charge in [-0.3, -0.25) is 9.10 Å². The first-order valence-electron chi connectivity index (χ1n) is 10.4. The number of sulfonamides is 1. The summed E-state index contributed by atoms with van der Waals surface area (Å²) in [4.78, 5) is 12.4. The number of halogens is 1. The average molecular weight is 531 g/mol. The maximum absolute atomic E-state index is 12.4. The summed E-state index contributed by atoms with van der Waals surface area (Å²) in [5.74, 6) is 0.595. The minimum absolute atomic E-state index is 0.168. The molecule has 0 unspecified atom stereocenters. The third kappa shape index (κ3) is 7.07. The summed E-state index contributed by atoms with van der Waals surface area (Å²) < 4.78 is 32.6. The lowest BCUT2D eigenvalue weighted by molar-refractivity contribution is 0.0947. The molecule has 0 aliphatic heterocycles.